The third-order valence-electron chi connectivity index (χ3n) is 3.15. The van der Waals surface area contributed by atoms with Crippen LogP contribution in [0.2, 0.25) is 0 Å². The number of hydrogen-bond acceptors (Lipinski definition) is 2. The van der Waals surface area contributed by atoms with E-state index in [9.17, 15) is 4.39 Å². The van der Waals surface area contributed by atoms with Gasteiger partial charge in [0.25, 0.3) is 0 Å². The molecule has 0 spiro atoms. The zero-order valence-corrected chi connectivity index (χ0v) is 11.9. The molecular weight excluding hydrogens is 241 g/mol. The molecule has 0 unspecified atom stereocenters. The first-order chi connectivity index (χ1) is 8.97. The van der Waals surface area contributed by atoms with Crippen LogP contribution in [0.1, 0.15) is 36.6 Å². The van der Waals surface area contributed by atoms with Crippen molar-refractivity contribution in [2.24, 2.45) is 7.05 Å². The van der Waals surface area contributed by atoms with E-state index in [1.807, 2.05) is 24.9 Å². The zero-order chi connectivity index (χ0) is 14.0. The number of nitrogens with zero attached hydrogens (tertiary/aromatic N) is 2. The van der Waals surface area contributed by atoms with E-state index in [4.69, 9.17) is 0 Å². The largest absolute Gasteiger partial charge is 0.381 e. The fourth-order valence-electron chi connectivity index (χ4n) is 2.15. The third-order valence-corrected chi connectivity index (χ3v) is 3.15. The van der Waals surface area contributed by atoms with Crippen molar-refractivity contribution in [2.45, 2.75) is 33.2 Å². The first kappa shape index (κ1) is 13.6. The van der Waals surface area contributed by atoms with Crippen LogP contribution in [0.4, 0.5) is 10.1 Å². The summed E-state index contributed by atoms with van der Waals surface area (Å²) < 4.78 is 15.1. The van der Waals surface area contributed by atoms with Gasteiger partial charge in [-0.3, -0.25) is 4.68 Å². The zero-order valence-electron chi connectivity index (χ0n) is 11.9. The van der Waals surface area contributed by atoms with Crippen molar-refractivity contribution < 1.29 is 4.39 Å². The predicted octanol–water partition coefficient (Wildman–Crippen LogP) is 3.60. The maximum Gasteiger partial charge on any atom is 0.125 e. The van der Waals surface area contributed by atoms with Crippen LogP contribution in [-0.4, -0.2) is 9.78 Å². The highest BCUT2D eigenvalue weighted by Crippen LogP contribution is 2.21. The summed E-state index contributed by atoms with van der Waals surface area (Å²) in [4.78, 5) is 0. The molecule has 1 aromatic carbocycles. The molecule has 0 radical (unpaired) electrons. The van der Waals surface area contributed by atoms with E-state index in [0.717, 1.165) is 22.5 Å². The van der Waals surface area contributed by atoms with Crippen molar-refractivity contribution in [3.63, 3.8) is 0 Å². The highest BCUT2D eigenvalue weighted by molar-refractivity contribution is 5.51. The minimum Gasteiger partial charge on any atom is -0.381 e. The van der Waals surface area contributed by atoms with Crippen LogP contribution in [0.5, 0.6) is 0 Å². The lowest BCUT2D eigenvalue weighted by Crippen LogP contribution is -2.04. The topological polar surface area (TPSA) is 29.9 Å². The molecule has 1 aromatic heterocycles. The van der Waals surface area contributed by atoms with Crippen molar-refractivity contribution in [1.29, 1.82) is 0 Å². The highest BCUT2D eigenvalue weighted by Gasteiger charge is 2.11. The lowest BCUT2D eigenvalue weighted by molar-refractivity contribution is 0.628. The summed E-state index contributed by atoms with van der Waals surface area (Å²) >= 11 is 0. The van der Waals surface area contributed by atoms with E-state index in [-0.39, 0.29) is 5.82 Å². The van der Waals surface area contributed by atoms with E-state index in [1.165, 1.54) is 12.1 Å². The van der Waals surface area contributed by atoms with Crippen LogP contribution in [0.3, 0.4) is 0 Å². The van der Waals surface area contributed by atoms with Crippen molar-refractivity contribution >= 4 is 5.69 Å². The molecule has 4 heteroatoms. The number of rotatable bonds is 4. The predicted molar refractivity (Wildman–Crippen MR) is 75.8 cm³/mol. The van der Waals surface area contributed by atoms with Gasteiger partial charge in [-0.15, -0.1) is 0 Å². The molecule has 19 heavy (non-hydrogen) atoms. The van der Waals surface area contributed by atoms with Gasteiger partial charge in [0.1, 0.15) is 5.82 Å². The second kappa shape index (κ2) is 5.43. The van der Waals surface area contributed by atoms with Crippen LogP contribution < -0.4 is 5.32 Å². The minimum absolute atomic E-state index is 0.219. The molecule has 2 aromatic rings. The summed E-state index contributed by atoms with van der Waals surface area (Å²) in [6.45, 7) is 6.87. The Morgan fingerprint density at radius 2 is 2.11 bits per heavy atom. The Bertz CT molecular complexity index is 573. The summed E-state index contributed by atoms with van der Waals surface area (Å²) in [5.41, 5.74) is 4.11. The van der Waals surface area contributed by atoms with Gasteiger partial charge in [-0.1, -0.05) is 19.9 Å². The lowest BCUT2D eigenvalue weighted by atomic mass is 10.1. The Balaban J connectivity index is 2.16. The van der Waals surface area contributed by atoms with Gasteiger partial charge in [0.2, 0.25) is 0 Å². The van der Waals surface area contributed by atoms with Crippen LogP contribution in [0.25, 0.3) is 0 Å². The Labute approximate surface area is 113 Å². The third kappa shape index (κ3) is 3.13. The van der Waals surface area contributed by atoms with Gasteiger partial charge < -0.3 is 5.32 Å². The monoisotopic (exact) mass is 261 g/mol. The average Bonchev–Trinajstić information content (AvgIpc) is 2.72. The lowest BCUT2D eigenvalue weighted by Gasteiger charge is -2.10. The number of benzene rings is 1. The smallest absolute Gasteiger partial charge is 0.125 e. The van der Waals surface area contributed by atoms with E-state index in [0.29, 0.717) is 12.5 Å². The Hall–Kier alpha value is -1.84. The molecule has 0 saturated carbocycles. The second-order valence-corrected chi connectivity index (χ2v) is 5.18. The minimum atomic E-state index is -0.219. The van der Waals surface area contributed by atoms with E-state index in [2.05, 4.69) is 24.3 Å². The van der Waals surface area contributed by atoms with E-state index < -0.39 is 0 Å². The van der Waals surface area contributed by atoms with Crippen LogP contribution in [-0.2, 0) is 13.6 Å². The maximum absolute atomic E-state index is 13.2. The number of anilines is 1. The van der Waals surface area contributed by atoms with Gasteiger partial charge in [0.15, 0.2) is 0 Å². The summed E-state index contributed by atoms with van der Waals surface area (Å²) in [5, 5.41) is 7.75. The number of aromatic nitrogens is 2. The molecule has 0 saturated heterocycles. The standard InChI is InChI=1S/C15H20FN3/c1-10(2)15-12(9-19(4)18-15)8-17-14-7-13(16)6-5-11(14)3/h5-7,9-10,17H,8H2,1-4H3. The van der Waals surface area contributed by atoms with Crippen molar-refractivity contribution in [1.82, 2.24) is 9.78 Å². The summed E-state index contributed by atoms with van der Waals surface area (Å²) in [6, 6.07) is 4.79. The van der Waals surface area contributed by atoms with Crippen LogP contribution >= 0.6 is 0 Å². The quantitative estimate of drug-likeness (QED) is 0.911. The summed E-state index contributed by atoms with van der Waals surface area (Å²) in [5.74, 6) is 0.162. The fraction of sp³-hybridized carbons (Fsp3) is 0.400. The van der Waals surface area contributed by atoms with Crippen molar-refractivity contribution in [2.75, 3.05) is 5.32 Å². The molecule has 0 amide bonds. The molecule has 102 valence electrons. The number of nitrogens with one attached hydrogen (secondary N) is 1. The summed E-state index contributed by atoms with van der Waals surface area (Å²) in [6.07, 6.45) is 2.01. The Kier molecular flexibility index (Phi) is 3.88. The number of halogens is 1. The Morgan fingerprint density at radius 1 is 1.37 bits per heavy atom. The molecule has 0 bridgehead atoms. The van der Waals surface area contributed by atoms with E-state index in [1.54, 1.807) is 6.07 Å². The first-order valence-electron chi connectivity index (χ1n) is 6.50. The van der Waals surface area contributed by atoms with Gasteiger partial charge in [-0.25, -0.2) is 4.39 Å². The Morgan fingerprint density at radius 3 is 2.79 bits per heavy atom. The van der Waals surface area contributed by atoms with Crippen LogP contribution in [0, 0.1) is 12.7 Å². The van der Waals surface area contributed by atoms with Crippen LogP contribution in [0.15, 0.2) is 24.4 Å². The SMILES string of the molecule is Cc1ccc(F)cc1NCc1cn(C)nc1C(C)C. The van der Waals surface area contributed by atoms with Crippen molar-refractivity contribution in [3.05, 3.63) is 47.0 Å². The molecule has 0 aliphatic carbocycles. The maximum atomic E-state index is 13.2. The number of hydrogen-bond donors (Lipinski definition) is 1. The molecule has 0 aliphatic heterocycles. The number of aryl methyl sites for hydroxylation is 2. The van der Waals surface area contributed by atoms with E-state index >= 15 is 0 Å². The fourth-order valence-corrected chi connectivity index (χ4v) is 2.15. The van der Waals surface area contributed by atoms with Crippen molar-refractivity contribution in [3.8, 4) is 0 Å². The normalized spacial score (nSPS) is 11.1. The van der Waals surface area contributed by atoms with Gasteiger partial charge in [-0.05, 0) is 30.5 Å². The van der Waals surface area contributed by atoms with Gasteiger partial charge in [-0.2, -0.15) is 5.10 Å². The van der Waals surface area contributed by atoms with Gasteiger partial charge >= 0.3 is 0 Å². The van der Waals surface area contributed by atoms with Gasteiger partial charge in [0, 0.05) is 31.0 Å². The molecule has 1 N–H and O–H groups in total. The molecule has 3 nitrogen and oxygen atoms in total. The van der Waals surface area contributed by atoms with Gasteiger partial charge in [0.05, 0.1) is 5.69 Å². The molecule has 0 aliphatic rings. The average molecular weight is 261 g/mol. The molecule has 0 fully saturated rings. The summed E-state index contributed by atoms with van der Waals surface area (Å²) in [7, 11) is 1.92. The highest BCUT2D eigenvalue weighted by atomic mass is 19.1. The molecular formula is C15H20FN3. The molecule has 2 rings (SSSR count). The molecule has 1 heterocycles. The second-order valence-electron chi connectivity index (χ2n) is 5.18. The first-order valence-corrected chi connectivity index (χ1v) is 6.50. The molecule has 0 atom stereocenters.